The Labute approximate surface area is 91.1 Å². The molecule has 0 saturated heterocycles. The van der Waals surface area contributed by atoms with Gasteiger partial charge >= 0.3 is 0 Å². The first-order chi connectivity index (χ1) is 7.17. The van der Waals surface area contributed by atoms with Crippen LogP contribution in [0.2, 0.25) is 0 Å². The third-order valence-corrected chi connectivity index (χ3v) is 2.48. The molecular formula is C12H17N3. The van der Waals surface area contributed by atoms with Crippen LogP contribution in [-0.2, 0) is 6.54 Å². The van der Waals surface area contributed by atoms with Gasteiger partial charge in [0.25, 0.3) is 0 Å². The summed E-state index contributed by atoms with van der Waals surface area (Å²) in [5, 5.41) is 8.91. The first-order valence-electron chi connectivity index (χ1n) is 5.11. The van der Waals surface area contributed by atoms with Crippen LogP contribution in [0.1, 0.15) is 18.9 Å². The third kappa shape index (κ3) is 3.26. The summed E-state index contributed by atoms with van der Waals surface area (Å²) in [6.07, 6.45) is 0.849. The number of nitrogens with two attached hydrogens (primary N) is 1. The number of nitrogen functional groups attached to an aromatic ring is 1. The molecule has 2 N–H and O–H groups in total. The molecule has 15 heavy (non-hydrogen) atoms. The largest absolute Gasteiger partial charge is 0.399 e. The highest BCUT2D eigenvalue weighted by Gasteiger charge is 2.11. The molecule has 80 valence electrons. The maximum Gasteiger partial charge on any atom is 0.0975 e. The van der Waals surface area contributed by atoms with E-state index in [1.54, 1.807) is 0 Å². The summed E-state index contributed by atoms with van der Waals surface area (Å²) in [6.45, 7) is 2.81. The number of anilines is 1. The molecular weight excluding hydrogens is 186 g/mol. The van der Waals surface area contributed by atoms with Crippen LogP contribution in [0.15, 0.2) is 24.3 Å². The van der Waals surface area contributed by atoms with Gasteiger partial charge in [-0.25, -0.2) is 0 Å². The zero-order valence-electron chi connectivity index (χ0n) is 9.27. The van der Waals surface area contributed by atoms with Gasteiger partial charge in [-0.15, -0.1) is 0 Å². The average molecular weight is 203 g/mol. The van der Waals surface area contributed by atoms with Crippen LogP contribution < -0.4 is 5.73 Å². The van der Waals surface area contributed by atoms with Gasteiger partial charge in [0.15, 0.2) is 0 Å². The molecule has 0 saturated carbocycles. The lowest BCUT2D eigenvalue weighted by Gasteiger charge is -2.21. The van der Waals surface area contributed by atoms with Gasteiger partial charge in [-0.3, -0.25) is 4.90 Å². The predicted octanol–water partition coefficient (Wildman–Crippen LogP) is 2.00. The van der Waals surface area contributed by atoms with Crippen LogP contribution in [0.5, 0.6) is 0 Å². The Hall–Kier alpha value is -1.53. The maximum atomic E-state index is 8.91. The van der Waals surface area contributed by atoms with E-state index in [1.165, 1.54) is 5.56 Å². The number of hydrogen-bond acceptors (Lipinski definition) is 3. The zero-order valence-corrected chi connectivity index (χ0v) is 9.27. The Morgan fingerprint density at radius 2 is 2.00 bits per heavy atom. The van der Waals surface area contributed by atoms with Crippen LogP contribution in [0, 0.1) is 11.3 Å². The van der Waals surface area contributed by atoms with Gasteiger partial charge in [0.2, 0.25) is 0 Å². The molecule has 1 atom stereocenters. The quantitative estimate of drug-likeness (QED) is 0.761. The summed E-state index contributed by atoms with van der Waals surface area (Å²) in [6, 6.07) is 10.0. The molecule has 0 aliphatic rings. The van der Waals surface area contributed by atoms with Crippen molar-refractivity contribution in [2.75, 3.05) is 12.8 Å². The van der Waals surface area contributed by atoms with Crippen molar-refractivity contribution in [2.45, 2.75) is 25.9 Å². The van der Waals surface area contributed by atoms with Crippen molar-refractivity contribution in [3.05, 3.63) is 29.8 Å². The number of nitrogens with zero attached hydrogens (tertiary/aromatic N) is 2. The summed E-state index contributed by atoms with van der Waals surface area (Å²) in [5.41, 5.74) is 7.56. The number of nitriles is 1. The molecule has 1 rings (SSSR count). The molecule has 1 aromatic carbocycles. The zero-order chi connectivity index (χ0) is 11.3. The van der Waals surface area contributed by atoms with Crippen LogP contribution in [-0.4, -0.2) is 18.0 Å². The SMILES string of the molecule is CCC(C#N)N(C)Cc1ccc(N)cc1. The van der Waals surface area contributed by atoms with Gasteiger partial charge in [-0.05, 0) is 31.2 Å². The molecule has 0 aliphatic heterocycles. The van der Waals surface area contributed by atoms with Crippen molar-refractivity contribution < 1.29 is 0 Å². The minimum atomic E-state index is -0.0115. The van der Waals surface area contributed by atoms with Crippen LogP contribution in [0.25, 0.3) is 0 Å². The summed E-state index contributed by atoms with van der Waals surface area (Å²) < 4.78 is 0. The fraction of sp³-hybridized carbons (Fsp3) is 0.417. The Kier molecular flexibility index (Phi) is 4.14. The van der Waals surface area contributed by atoms with Gasteiger partial charge in [-0.1, -0.05) is 19.1 Å². The fourth-order valence-electron chi connectivity index (χ4n) is 1.52. The van der Waals surface area contributed by atoms with Gasteiger partial charge < -0.3 is 5.73 Å². The molecule has 0 spiro atoms. The lowest BCUT2D eigenvalue weighted by Crippen LogP contribution is -2.29. The van der Waals surface area contributed by atoms with Crippen molar-refractivity contribution in [1.29, 1.82) is 5.26 Å². The molecule has 0 heterocycles. The van der Waals surface area contributed by atoms with E-state index in [-0.39, 0.29) is 6.04 Å². The highest BCUT2D eigenvalue weighted by molar-refractivity contribution is 5.39. The van der Waals surface area contributed by atoms with Crippen molar-refractivity contribution in [3.8, 4) is 6.07 Å². The Morgan fingerprint density at radius 3 is 2.47 bits per heavy atom. The summed E-state index contributed by atoms with van der Waals surface area (Å²) >= 11 is 0. The Bertz CT molecular complexity index is 337. The lowest BCUT2D eigenvalue weighted by atomic mass is 10.1. The second-order valence-electron chi connectivity index (χ2n) is 3.71. The second kappa shape index (κ2) is 5.38. The topological polar surface area (TPSA) is 53.0 Å². The van der Waals surface area contributed by atoms with Gasteiger partial charge in [0.1, 0.15) is 0 Å². The summed E-state index contributed by atoms with van der Waals surface area (Å²) in [7, 11) is 1.97. The van der Waals surface area contributed by atoms with Crippen LogP contribution in [0.3, 0.4) is 0 Å². The van der Waals surface area contributed by atoms with Crippen molar-refractivity contribution >= 4 is 5.69 Å². The van der Waals surface area contributed by atoms with Gasteiger partial charge in [-0.2, -0.15) is 5.26 Å². The molecule has 0 bridgehead atoms. The number of benzene rings is 1. The van der Waals surface area contributed by atoms with E-state index in [9.17, 15) is 0 Å². The molecule has 0 fully saturated rings. The van der Waals surface area contributed by atoms with Crippen LogP contribution >= 0.6 is 0 Å². The Morgan fingerprint density at radius 1 is 1.40 bits per heavy atom. The van der Waals surface area contributed by atoms with Crippen molar-refractivity contribution in [2.24, 2.45) is 0 Å². The molecule has 1 unspecified atom stereocenters. The van der Waals surface area contributed by atoms with E-state index in [0.717, 1.165) is 18.7 Å². The summed E-state index contributed by atoms with van der Waals surface area (Å²) in [5.74, 6) is 0. The van der Waals surface area contributed by atoms with Crippen LogP contribution in [0.4, 0.5) is 5.69 Å². The highest BCUT2D eigenvalue weighted by atomic mass is 15.1. The van der Waals surface area contributed by atoms with E-state index in [4.69, 9.17) is 11.0 Å². The molecule has 3 heteroatoms. The van der Waals surface area contributed by atoms with Crippen molar-refractivity contribution in [1.82, 2.24) is 4.90 Å². The number of rotatable bonds is 4. The fourth-order valence-corrected chi connectivity index (χ4v) is 1.52. The van der Waals surface area contributed by atoms with E-state index >= 15 is 0 Å². The van der Waals surface area contributed by atoms with E-state index in [1.807, 2.05) is 43.1 Å². The van der Waals surface area contributed by atoms with Gasteiger partial charge in [0, 0.05) is 12.2 Å². The predicted molar refractivity (Wildman–Crippen MR) is 62.0 cm³/mol. The molecule has 0 amide bonds. The number of hydrogen-bond donors (Lipinski definition) is 1. The highest BCUT2D eigenvalue weighted by Crippen LogP contribution is 2.10. The smallest absolute Gasteiger partial charge is 0.0975 e. The standard InChI is InChI=1S/C12H17N3/c1-3-12(8-13)15(2)9-10-4-6-11(14)7-5-10/h4-7,12H,3,9,14H2,1-2H3. The second-order valence-corrected chi connectivity index (χ2v) is 3.71. The van der Waals surface area contributed by atoms with E-state index in [2.05, 4.69) is 6.07 Å². The Balaban J connectivity index is 2.62. The lowest BCUT2D eigenvalue weighted by molar-refractivity contribution is 0.273. The normalized spacial score (nSPS) is 12.4. The third-order valence-electron chi connectivity index (χ3n) is 2.48. The summed E-state index contributed by atoms with van der Waals surface area (Å²) in [4.78, 5) is 2.05. The van der Waals surface area contributed by atoms with Crippen molar-refractivity contribution in [3.63, 3.8) is 0 Å². The van der Waals surface area contributed by atoms with Gasteiger partial charge in [0.05, 0.1) is 12.1 Å². The molecule has 1 aromatic rings. The molecule has 3 nitrogen and oxygen atoms in total. The van der Waals surface area contributed by atoms with E-state index < -0.39 is 0 Å². The van der Waals surface area contributed by atoms with E-state index in [0.29, 0.717) is 0 Å². The molecule has 0 aromatic heterocycles. The first-order valence-corrected chi connectivity index (χ1v) is 5.11. The maximum absolute atomic E-state index is 8.91. The molecule has 0 radical (unpaired) electrons. The molecule has 0 aliphatic carbocycles. The first kappa shape index (κ1) is 11.5. The monoisotopic (exact) mass is 203 g/mol. The average Bonchev–Trinajstić information content (AvgIpc) is 2.23. The minimum absolute atomic E-state index is 0.0115. The minimum Gasteiger partial charge on any atom is -0.399 e.